The van der Waals surface area contributed by atoms with Gasteiger partial charge in [-0.15, -0.1) is 0 Å². The highest BCUT2D eigenvalue weighted by Crippen LogP contribution is 2.20. The third-order valence-electron chi connectivity index (χ3n) is 3.17. The Morgan fingerprint density at radius 3 is 2.62 bits per heavy atom. The zero-order valence-corrected chi connectivity index (χ0v) is 11.8. The maximum atomic E-state index is 13.6. The molecule has 0 spiro atoms. The second-order valence-corrected chi connectivity index (χ2v) is 4.66. The third kappa shape index (κ3) is 3.51. The van der Waals surface area contributed by atoms with Crippen LogP contribution in [0.2, 0.25) is 0 Å². The van der Waals surface area contributed by atoms with E-state index in [-0.39, 0.29) is 11.3 Å². The predicted molar refractivity (Wildman–Crippen MR) is 78.4 cm³/mol. The van der Waals surface area contributed by atoms with E-state index in [9.17, 15) is 9.18 Å². The van der Waals surface area contributed by atoms with Gasteiger partial charge in [-0.2, -0.15) is 0 Å². The van der Waals surface area contributed by atoms with Crippen molar-refractivity contribution in [3.05, 3.63) is 58.9 Å². The standard InChI is InChI=1S/C16H16FNO3/c1-10-7-12(16(19)20)4-5-14(10)18-9-11-3-6-15(21-2)13(17)8-11/h3-8,18H,9H2,1-2H3,(H,19,20). The monoisotopic (exact) mass is 289 g/mol. The van der Waals surface area contributed by atoms with Gasteiger partial charge >= 0.3 is 5.97 Å². The van der Waals surface area contributed by atoms with Gasteiger partial charge in [0.05, 0.1) is 12.7 Å². The van der Waals surface area contributed by atoms with Gasteiger partial charge in [0, 0.05) is 12.2 Å². The Morgan fingerprint density at radius 1 is 1.29 bits per heavy atom. The molecule has 0 amide bonds. The lowest BCUT2D eigenvalue weighted by Gasteiger charge is -2.11. The molecule has 0 aliphatic heterocycles. The van der Waals surface area contributed by atoms with E-state index >= 15 is 0 Å². The van der Waals surface area contributed by atoms with E-state index in [0.717, 1.165) is 16.8 Å². The Bertz CT molecular complexity index is 671. The van der Waals surface area contributed by atoms with Crippen LogP contribution < -0.4 is 10.1 Å². The molecule has 2 rings (SSSR count). The zero-order chi connectivity index (χ0) is 15.4. The molecular weight excluding hydrogens is 273 g/mol. The highest BCUT2D eigenvalue weighted by molar-refractivity contribution is 5.88. The largest absolute Gasteiger partial charge is 0.494 e. The summed E-state index contributed by atoms with van der Waals surface area (Å²) in [6.45, 7) is 2.26. The van der Waals surface area contributed by atoms with E-state index < -0.39 is 11.8 Å². The first-order valence-corrected chi connectivity index (χ1v) is 6.41. The van der Waals surface area contributed by atoms with E-state index in [2.05, 4.69) is 5.32 Å². The molecule has 0 aliphatic carbocycles. The third-order valence-corrected chi connectivity index (χ3v) is 3.17. The van der Waals surface area contributed by atoms with Gasteiger partial charge in [0.25, 0.3) is 0 Å². The van der Waals surface area contributed by atoms with Crippen molar-refractivity contribution in [1.29, 1.82) is 0 Å². The molecule has 21 heavy (non-hydrogen) atoms. The summed E-state index contributed by atoms with van der Waals surface area (Å²) in [5.41, 5.74) is 2.66. The molecule has 2 aromatic rings. The smallest absolute Gasteiger partial charge is 0.335 e. The lowest BCUT2D eigenvalue weighted by Crippen LogP contribution is -2.03. The fourth-order valence-corrected chi connectivity index (χ4v) is 2.01. The lowest BCUT2D eigenvalue weighted by atomic mass is 10.1. The van der Waals surface area contributed by atoms with E-state index in [0.29, 0.717) is 6.54 Å². The van der Waals surface area contributed by atoms with Crippen LogP contribution in [0.3, 0.4) is 0 Å². The maximum Gasteiger partial charge on any atom is 0.335 e. The number of nitrogens with one attached hydrogen (secondary N) is 1. The summed E-state index contributed by atoms with van der Waals surface area (Å²) in [4.78, 5) is 10.9. The minimum absolute atomic E-state index is 0.209. The van der Waals surface area contributed by atoms with Gasteiger partial charge in [-0.3, -0.25) is 0 Å². The minimum Gasteiger partial charge on any atom is -0.494 e. The molecule has 0 aromatic heterocycles. The number of ether oxygens (including phenoxy) is 1. The molecule has 0 fully saturated rings. The number of carboxylic acid groups (broad SMARTS) is 1. The van der Waals surface area contributed by atoms with E-state index in [1.807, 2.05) is 6.92 Å². The second-order valence-electron chi connectivity index (χ2n) is 4.66. The summed E-state index contributed by atoms with van der Waals surface area (Å²) >= 11 is 0. The van der Waals surface area contributed by atoms with Crippen LogP contribution in [0.4, 0.5) is 10.1 Å². The van der Waals surface area contributed by atoms with E-state index in [1.54, 1.807) is 24.3 Å². The fourth-order valence-electron chi connectivity index (χ4n) is 2.01. The number of aromatic carboxylic acids is 1. The van der Waals surface area contributed by atoms with Crippen molar-refractivity contribution in [2.45, 2.75) is 13.5 Å². The molecule has 0 atom stereocenters. The van der Waals surface area contributed by atoms with Gasteiger partial charge < -0.3 is 15.2 Å². The average molecular weight is 289 g/mol. The number of carboxylic acids is 1. The number of carbonyl (C=O) groups is 1. The van der Waals surface area contributed by atoms with Crippen LogP contribution in [0.5, 0.6) is 5.75 Å². The van der Waals surface area contributed by atoms with Crippen molar-refractivity contribution in [3.8, 4) is 5.75 Å². The Labute approximate surface area is 122 Å². The molecule has 0 heterocycles. The van der Waals surface area contributed by atoms with Crippen LogP contribution in [0, 0.1) is 12.7 Å². The highest BCUT2D eigenvalue weighted by Gasteiger charge is 2.07. The molecule has 2 aromatic carbocycles. The molecule has 2 N–H and O–H groups in total. The summed E-state index contributed by atoms with van der Waals surface area (Å²) in [6.07, 6.45) is 0. The SMILES string of the molecule is COc1ccc(CNc2ccc(C(=O)O)cc2C)cc1F. The van der Waals surface area contributed by atoms with Crippen LogP contribution in [0.15, 0.2) is 36.4 Å². The number of hydrogen-bond donors (Lipinski definition) is 2. The normalized spacial score (nSPS) is 10.2. The van der Waals surface area contributed by atoms with Crippen molar-refractivity contribution in [2.75, 3.05) is 12.4 Å². The minimum atomic E-state index is -0.957. The van der Waals surface area contributed by atoms with E-state index in [1.165, 1.54) is 19.2 Å². The van der Waals surface area contributed by atoms with E-state index in [4.69, 9.17) is 9.84 Å². The van der Waals surface area contributed by atoms with Gasteiger partial charge in [-0.1, -0.05) is 6.07 Å². The predicted octanol–water partition coefficient (Wildman–Crippen LogP) is 3.45. The molecule has 0 bridgehead atoms. The number of hydrogen-bond acceptors (Lipinski definition) is 3. The quantitative estimate of drug-likeness (QED) is 0.885. The Balaban J connectivity index is 2.09. The summed E-state index contributed by atoms with van der Waals surface area (Å²) in [7, 11) is 1.42. The molecule has 0 saturated carbocycles. The number of aryl methyl sites for hydroxylation is 1. The average Bonchev–Trinajstić information content (AvgIpc) is 2.46. The molecule has 0 unspecified atom stereocenters. The molecular formula is C16H16FNO3. The Kier molecular flexibility index (Phi) is 4.42. The Hall–Kier alpha value is -2.56. The highest BCUT2D eigenvalue weighted by atomic mass is 19.1. The summed E-state index contributed by atoms with van der Waals surface area (Å²) in [5, 5.41) is 12.1. The lowest BCUT2D eigenvalue weighted by molar-refractivity contribution is 0.0697. The van der Waals surface area contributed by atoms with Crippen molar-refractivity contribution >= 4 is 11.7 Å². The van der Waals surface area contributed by atoms with Crippen LogP contribution in [-0.4, -0.2) is 18.2 Å². The Morgan fingerprint density at radius 2 is 2.05 bits per heavy atom. The molecule has 0 saturated heterocycles. The number of methoxy groups -OCH3 is 1. The van der Waals surface area contributed by atoms with Crippen LogP contribution in [0.25, 0.3) is 0 Å². The zero-order valence-electron chi connectivity index (χ0n) is 11.8. The maximum absolute atomic E-state index is 13.6. The van der Waals surface area contributed by atoms with Gasteiger partial charge in [-0.25, -0.2) is 9.18 Å². The first-order valence-electron chi connectivity index (χ1n) is 6.41. The number of anilines is 1. The van der Waals surface area contributed by atoms with Gasteiger partial charge in [-0.05, 0) is 48.4 Å². The molecule has 110 valence electrons. The van der Waals surface area contributed by atoms with Crippen LogP contribution in [-0.2, 0) is 6.54 Å². The molecule has 5 heteroatoms. The summed E-state index contributed by atoms with van der Waals surface area (Å²) < 4.78 is 18.4. The molecule has 4 nitrogen and oxygen atoms in total. The summed E-state index contributed by atoms with van der Waals surface area (Å²) in [5.74, 6) is -1.16. The van der Waals surface area contributed by atoms with Crippen molar-refractivity contribution in [2.24, 2.45) is 0 Å². The van der Waals surface area contributed by atoms with Crippen molar-refractivity contribution in [1.82, 2.24) is 0 Å². The number of rotatable bonds is 5. The van der Waals surface area contributed by atoms with Gasteiger partial charge in [0.2, 0.25) is 0 Å². The van der Waals surface area contributed by atoms with Gasteiger partial charge in [0.1, 0.15) is 0 Å². The van der Waals surface area contributed by atoms with Crippen LogP contribution >= 0.6 is 0 Å². The topological polar surface area (TPSA) is 58.6 Å². The second kappa shape index (κ2) is 6.26. The number of benzene rings is 2. The number of halogens is 1. The van der Waals surface area contributed by atoms with Crippen molar-refractivity contribution in [3.63, 3.8) is 0 Å². The fraction of sp³-hybridized carbons (Fsp3) is 0.188. The molecule has 0 aliphatic rings. The first-order chi connectivity index (χ1) is 10.0. The molecule has 0 radical (unpaired) electrons. The van der Waals surface area contributed by atoms with Crippen molar-refractivity contribution < 1.29 is 19.0 Å². The van der Waals surface area contributed by atoms with Gasteiger partial charge in [0.15, 0.2) is 11.6 Å². The first kappa shape index (κ1) is 14.8. The summed E-state index contributed by atoms with van der Waals surface area (Å²) in [6, 6.07) is 9.60. The van der Waals surface area contributed by atoms with Crippen LogP contribution in [0.1, 0.15) is 21.5 Å².